The van der Waals surface area contributed by atoms with Gasteiger partial charge in [-0.1, -0.05) is 6.42 Å². The molecule has 0 aliphatic heterocycles. The fourth-order valence-electron chi connectivity index (χ4n) is 1.13. The summed E-state index contributed by atoms with van der Waals surface area (Å²) in [5.74, 6) is 0. The second-order valence-corrected chi connectivity index (χ2v) is 4.87. The summed E-state index contributed by atoms with van der Waals surface area (Å²) in [4.78, 5) is 11.2. The van der Waals surface area contributed by atoms with Crippen molar-refractivity contribution in [2.45, 2.75) is 51.7 Å². The van der Waals surface area contributed by atoms with E-state index in [-0.39, 0.29) is 18.7 Å². The van der Waals surface area contributed by atoms with E-state index >= 15 is 0 Å². The van der Waals surface area contributed by atoms with Gasteiger partial charge in [0.15, 0.2) is 0 Å². The van der Waals surface area contributed by atoms with Crippen molar-refractivity contribution in [3.05, 3.63) is 0 Å². The predicted octanol–water partition coefficient (Wildman–Crippen LogP) is 1.00. The van der Waals surface area contributed by atoms with E-state index in [0.29, 0.717) is 6.54 Å². The van der Waals surface area contributed by atoms with Crippen LogP contribution < -0.4 is 11.1 Å². The fraction of sp³-hybridized carbons (Fsp3) is 0.909. The molecule has 16 heavy (non-hydrogen) atoms. The minimum absolute atomic E-state index is 0.0134. The molecule has 0 aromatic carbocycles. The van der Waals surface area contributed by atoms with Gasteiger partial charge in [0, 0.05) is 12.6 Å². The van der Waals surface area contributed by atoms with Crippen molar-refractivity contribution < 1.29 is 14.6 Å². The van der Waals surface area contributed by atoms with Gasteiger partial charge in [-0.2, -0.15) is 0 Å². The maximum atomic E-state index is 11.2. The maximum Gasteiger partial charge on any atom is 0.407 e. The Kier molecular flexibility index (Phi) is 7.08. The smallest absolute Gasteiger partial charge is 0.407 e. The van der Waals surface area contributed by atoms with Crippen LogP contribution in [0.4, 0.5) is 4.79 Å². The molecule has 1 unspecified atom stereocenters. The Labute approximate surface area is 97.3 Å². The SMILES string of the molecule is CC(C)(C)OC(=O)NCCCCC(N)CO. The van der Waals surface area contributed by atoms with Gasteiger partial charge < -0.3 is 20.9 Å². The molecule has 1 amide bonds. The van der Waals surface area contributed by atoms with E-state index < -0.39 is 5.60 Å². The minimum atomic E-state index is -0.455. The Bertz CT molecular complexity index is 202. The van der Waals surface area contributed by atoms with E-state index in [4.69, 9.17) is 15.6 Å². The van der Waals surface area contributed by atoms with Crippen LogP contribution in [0.2, 0.25) is 0 Å². The van der Waals surface area contributed by atoms with Crippen molar-refractivity contribution in [2.24, 2.45) is 5.73 Å². The van der Waals surface area contributed by atoms with Gasteiger partial charge >= 0.3 is 6.09 Å². The number of carbonyl (C=O) groups is 1. The summed E-state index contributed by atoms with van der Waals surface area (Å²) in [5.41, 5.74) is 5.08. The first kappa shape index (κ1) is 15.2. The van der Waals surface area contributed by atoms with Gasteiger partial charge in [-0.25, -0.2) is 4.79 Å². The largest absolute Gasteiger partial charge is 0.444 e. The highest BCUT2D eigenvalue weighted by Gasteiger charge is 2.15. The highest BCUT2D eigenvalue weighted by molar-refractivity contribution is 5.67. The summed E-state index contributed by atoms with van der Waals surface area (Å²) in [6.07, 6.45) is 2.11. The highest BCUT2D eigenvalue weighted by atomic mass is 16.6. The molecule has 5 nitrogen and oxygen atoms in total. The number of hydrogen-bond donors (Lipinski definition) is 3. The molecule has 0 saturated carbocycles. The summed E-state index contributed by atoms with van der Waals surface area (Å²) in [7, 11) is 0. The van der Waals surface area contributed by atoms with Crippen LogP contribution >= 0.6 is 0 Å². The zero-order valence-corrected chi connectivity index (χ0v) is 10.5. The van der Waals surface area contributed by atoms with E-state index in [2.05, 4.69) is 5.32 Å². The number of aliphatic hydroxyl groups is 1. The second kappa shape index (κ2) is 7.46. The van der Waals surface area contributed by atoms with Crippen LogP contribution in [0.15, 0.2) is 0 Å². The summed E-state index contributed by atoms with van der Waals surface area (Å²) in [6.45, 7) is 6.07. The van der Waals surface area contributed by atoms with Crippen LogP contribution in [-0.4, -0.2) is 36.0 Å². The average molecular weight is 232 g/mol. The summed E-state index contributed by atoms with van der Waals surface area (Å²) in [6, 6.07) is -0.151. The standard InChI is InChI=1S/C11H24N2O3/c1-11(2,3)16-10(15)13-7-5-4-6-9(12)8-14/h9,14H,4-8,12H2,1-3H3,(H,13,15). The van der Waals surface area contributed by atoms with E-state index in [1.165, 1.54) is 0 Å². The molecule has 0 heterocycles. The molecule has 5 heteroatoms. The number of amides is 1. The number of nitrogens with one attached hydrogen (secondary N) is 1. The van der Waals surface area contributed by atoms with Gasteiger partial charge in [0.1, 0.15) is 5.60 Å². The van der Waals surface area contributed by atoms with E-state index in [1.807, 2.05) is 20.8 Å². The molecule has 0 aromatic rings. The third-order valence-electron chi connectivity index (χ3n) is 1.90. The summed E-state index contributed by atoms with van der Waals surface area (Å²) >= 11 is 0. The molecule has 4 N–H and O–H groups in total. The molecule has 0 radical (unpaired) electrons. The van der Waals surface area contributed by atoms with E-state index in [1.54, 1.807) is 0 Å². The number of rotatable bonds is 6. The molecule has 0 aromatic heterocycles. The monoisotopic (exact) mass is 232 g/mol. The van der Waals surface area contributed by atoms with Crippen LogP contribution in [0.3, 0.4) is 0 Å². The lowest BCUT2D eigenvalue weighted by molar-refractivity contribution is 0.0527. The van der Waals surface area contributed by atoms with Crippen molar-refractivity contribution in [2.75, 3.05) is 13.2 Å². The van der Waals surface area contributed by atoms with Gasteiger partial charge in [-0.05, 0) is 33.6 Å². The van der Waals surface area contributed by atoms with Crippen LogP contribution in [0.25, 0.3) is 0 Å². The first-order chi connectivity index (χ1) is 7.35. The maximum absolute atomic E-state index is 11.2. The van der Waals surface area contributed by atoms with E-state index in [9.17, 15) is 4.79 Å². The number of unbranched alkanes of at least 4 members (excludes halogenated alkanes) is 1. The van der Waals surface area contributed by atoms with E-state index in [0.717, 1.165) is 19.3 Å². The first-order valence-electron chi connectivity index (χ1n) is 5.68. The van der Waals surface area contributed by atoms with Crippen molar-refractivity contribution >= 4 is 6.09 Å². The topological polar surface area (TPSA) is 84.6 Å². The van der Waals surface area contributed by atoms with Gasteiger partial charge in [0.2, 0.25) is 0 Å². The lowest BCUT2D eigenvalue weighted by Gasteiger charge is -2.19. The molecule has 0 fully saturated rings. The molecule has 0 saturated heterocycles. The highest BCUT2D eigenvalue weighted by Crippen LogP contribution is 2.06. The normalized spacial score (nSPS) is 13.3. The Morgan fingerprint density at radius 2 is 2.06 bits per heavy atom. The number of alkyl carbamates (subject to hydrolysis) is 1. The predicted molar refractivity (Wildman–Crippen MR) is 63.1 cm³/mol. The Hall–Kier alpha value is -0.810. The molecule has 1 atom stereocenters. The quantitative estimate of drug-likeness (QED) is 0.596. The van der Waals surface area contributed by atoms with Gasteiger partial charge in [-0.3, -0.25) is 0 Å². The molecule has 96 valence electrons. The van der Waals surface area contributed by atoms with Crippen LogP contribution in [0.1, 0.15) is 40.0 Å². The molecule has 0 aliphatic carbocycles. The van der Waals surface area contributed by atoms with Crippen molar-refractivity contribution in [1.82, 2.24) is 5.32 Å². The first-order valence-corrected chi connectivity index (χ1v) is 5.68. The number of carbonyl (C=O) groups excluding carboxylic acids is 1. The van der Waals surface area contributed by atoms with Gasteiger partial charge in [0.05, 0.1) is 6.61 Å². The minimum Gasteiger partial charge on any atom is -0.444 e. The number of ether oxygens (including phenoxy) is 1. The molecule has 0 spiro atoms. The summed E-state index contributed by atoms with van der Waals surface area (Å²) in [5, 5.41) is 11.4. The average Bonchev–Trinajstić information content (AvgIpc) is 2.14. The van der Waals surface area contributed by atoms with Crippen molar-refractivity contribution in [1.29, 1.82) is 0 Å². The zero-order chi connectivity index (χ0) is 12.6. The Morgan fingerprint density at radius 1 is 1.44 bits per heavy atom. The molecule has 0 aliphatic rings. The lowest BCUT2D eigenvalue weighted by Crippen LogP contribution is -2.33. The number of nitrogens with two attached hydrogens (primary N) is 1. The molecular weight excluding hydrogens is 208 g/mol. The summed E-state index contributed by atoms with van der Waals surface area (Å²) < 4.78 is 5.07. The van der Waals surface area contributed by atoms with Crippen molar-refractivity contribution in [3.63, 3.8) is 0 Å². The Morgan fingerprint density at radius 3 is 2.56 bits per heavy atom. The molecular formula is C11H24N2O3. The second-order valence-electron chi connectivity index (χ2n) is 4.87. The fourth-order valence-corrected chi connectivity index (χ4v) is 1.13. The zero-order valence-electron chi connectivity index (χ0n) is 10.5. The van der Waals surface area contributed by atoms with Crippen LogP contribution in [0, 0.1) is 0 Å². The van der Waals surface area contributed by atoms with Gasteiger partial charge in [-0.15, -0.1) is 0 Å². The van der Waals surface area contributed by atoms with Gasteiger partial charge in [0.25, 0.3) is 0 Å². The van der Waals surface area contributed by atoms with Crippen molar-refractivity contribution in [3.8, 4) is 0 Å². The third kappa shape index (κ3) is 9.73. The Balaban J connectivity index is 3.42. The van der Waals surface area contributed by atoms with Crippen LogP contribution in [-0.2, 0) is 4.74 Å². The molecule has 0 rings (SSSR count). The lowest BCUT2D eigenvalue weighted by atomic mass is 10.1. The number of hydrogen-bond acceptors (Lipinski definition) is 4. The third-order valence-corrected chi connectivity index (χ3v) is 1.90. The molecule has 0 bridgehead atoms. The van der Waals surface area contributed by atoms with Crippen LogP contribution in [0.5, 0.6) is 0 Å². The number of aliphatic hydroxyl groups excluding tert-OH is 1.